The first-order chi connectivity index (χ1) is 10.6. The Labute approximate surface area is 130 Å². The summed E-state index contributed by atoms with van der Waals surface area (Å²) in [6.07, 6.45) is 7.82. The van der Waals surface area contributed by atoms with Crippen molar-refractivity contribution in [1.82, 2.24) is 5.32 Å². The Morgan fingerprint density at radius 3 is 2.27 bits per heavy atom. The Balaban J connectivity index is 1.37. The van der Waals surface area contributed by atoms with Gasteiger partial charge < -0.3 is 10.6 Å². The molecule has 0 unspecified atom stereocenters. The predicted molar refractivity (Wildman–Crippen MR) is 83.9 cm³/mol. The van der Waals surface area contributed by atoms with Crippen LogP contribution >= 0.6 is 0 Å². The largest absolute Gasteiger partial charge is 0.322 e. The number of anilines is 1. The van der Waals surface area contributed by atoms with Gasteiger partial charge in [0.25, 0.3) is 0 Å². The van der Waals surface area contributed by atoms with Crippen LogP contribution in [0.4, 0.5) is 10.1 Å². The van der Waals surface area contributed by atoms with Crippen molar-refractivity contribution in [2.75, 3.05) is 11.9 Å². The van der Waals surface area contributed by atoms with E-state index in [1.165, 1.54) is 44.6 Å². The van der Waals surface area contributed by atoms with Crippen molar-refractivity contribution < 1.29 is 9.18 Å². The van der Waals surface area contributed by atoms with Crippen molar-refractivity contribution in [3.8, 4) is 0 Å². The zero-order valence-electron chi connectivity index (χ0n) is 12.8. The molecule has 3 nitrogen and oxygen atoms in total. The van der Waals surface area contributed by atoms with Gasteiger partial charge in [-0.15, -0.1) is 0 Å². The SMILES string of the molecule is O=C(CNC12CC3CC(CC(C3)C1)C2)Nc1ccccc1F. The van der Waals surface area contributed by atoms with E-state index in [-0.39, 0.29) is 29.5 Å². The van der Waals surface area contributed by atoms with Crippen LogP contribution < -0.4 is 10.6 Å². The smallest absolute Gasteiger partial charge is 0.238 e. The lowest BCUT2D eigenvalue weighted by Gasteiger charge is -2.57. The molecule has 2 N–H and O–H groups in total. The number of nitrogens with one attached hydrogen (secondary N) is 2. The summed E-state index contributed by atoms with van der Waals surface area (Å²) < 4.78 is 13.6. The summed E-state index contributed by atoms with van der Waals surface area (Å²) in [6, 6.07) is 6.31. The first-order valence-corrected chi connectivity index (χ1v) is 8.41. The van der Waals surface area contributed by atoms with E-state index in [1.807, 2.05) is 0 Å². The lowest BCUT2D eigenvalue weighted by molar-refractivity contribution is -0.116. The van der Waals surface area contributed by atoms with E-state index in [1.54, 1.807) is 18.2 Å². The van der Waals surface area contributed by atoms with Gasteiger partial charge in [0, 0.05) is 5.54 Å². The second kappa shape index (κ2) is 5.34. The number of para-hydroxylation sites is 1. The van der Waals surface area contributed by atoms with Crippen molar-refractivity contribution in [2.24, 2.45) is 17.8 Å². The highest BCUT2D eigenvalue weighted by Gasteiger charge is 2.50. The Morgan fingerprint density at radius 1 is 1.09 bits per heavy atom. The second-order valence-corrected chi connectivity index (χ2v) is 7.58. The summed E-state index contributed by atoms with van der Waals surface area (Å²) in [7, 11) is 0. The zero-order valence-corrected chi connectivity index (χ0v) is 12.8. The summed E-state index contributed by atoms with van der Waals surface area (Å²) in [5, 5.41) is 6.20. The van der Waals surface area contributed by atoms with Gasteiger partial charge in [0.1, 0.15) is 5.82 Å². The highest BCUT2D eigenvalue weighted by atomic mass is 19.1. The first-order valence-electron chi connectivity index (χ1n) is 8.41. The van der Waals surface area contributed by atoms with Crippen molar-refractivity contribution in [1.29, 1.82) is 0 Å². The maximum atomic E-state index is 13.6. The molecule has 1 aromatic rings. The number of carbonyl (C=O) groups is 1. The number of amides is 1. The Bertz CT molecular complexity index is 551. The van der Waals surface area contributed by atoms with E-state index in [2.05, 4.69) is 10.6 Å². The van der Waals surface area contributed by atoms with Crippen LogP contribution in [0, 0.1) is 23.6 Å². The van der Waals surface area contributed by atoms with Crippen LogP contribution in [0.5, 0.6) is 0 Å². The van der Waals surface area contributed by atoms with E-state index in [0.717, 1.165) is 17.8 Å². The van der Waals surface area contributed by atoms with Gasteiger partial charge in [-0.25, -0.2) is 4.39 Å². The molecule has 118 valence electrons. The van der Waals surface area contributed by atoms with Crippen molar-refractivity contribution in [3.05, 3.63) is 30.1 Å². The molecule has 0 radical (unpaired) electrons. The molecule has 5 rings (SSSR count). The third-order valence-electron chi connectivity index (χ3n) is 5.81. The monoisotopic (exact) mass is 302 g/mol. The maximum Gasteiger partial charge on any atom is 0.238 e. The minimum Gasteiger partial charge on any atom is -0.322 e. The molecule has 0 atom stereocenters. The van der Waals surface area contributed by atoms with Gasteiger partial charge in [-0.05, 0) is 68.4 Å². The third-order valence-corrected chi connectivity index (χ3v) is 5.81. The third kappa shape index (κ3) is 2.65. The number of hydrogen-bond donors (Lipinski definition) is 2. The van der Waals surface area contributed by atoms with Crippen LogP contribution in [0.3, 0.4) is 0 Å². The fraction of sp³-hybridized carbons (Fsp3) is 0.611. The number of hydrogen-bond acceptors (Lipinski definition) is 2. The topological polar surface area (TPSA) is 41.1 Å². The standard InChI is InChI=1S/C18H23FN2O/c19-15-3-1-2-4-16(15)21-17(22)11-20-18-8-12-5-13(9-18)7-14(6-12)10-18/h1-4,12-14,20H,5-11H2,(H,21,22). The number of halogens is 1. The Morgan fingerprint density at radius 2 is 1.68 bits per heavy atom. The summed E-state index contributed by atoms with van der Waals surface area (Å²) in [5.41, 5.74) is 0.432. The molecule has 0 aliphatic heterocycles. The van der Waals surface area contributed by atoms with Crippen molar-refractivity contribution in [2.45, 2.75) is 44.1 Å². The average Bonchev–Trinajstić information content (AvgIpc) is 2.46. The molecule has 4 aliphatic carbocycles. The van der Waals surface area contributed by atoms with E-state index in [0.29, 0.717) is 0 Å². The first kappa shape index (κ1) is 14.2. The van der Waals surface area contributed by atoms with E-state index in [9.17, 15) is 9.18 Å². The molecule has 1 amide bonds. The van der Waals surface area contributed by atoms with E-state index in [4.69, 9.17) is 0 Å². The van der Waals surface area contributed by atoms with Crippen LogP contribution in [0.1, 0.15) is 38.5 Å². The number of carbonyl (C=O) groups excluding carboxylic acids is 1. The fourth-order valence-electron chi connectivity index (χ4n) is 5.35. The molecule has 0 saturated heterocycles. The van der Waals surface area contributed by atoms with Crippen LogP contribution in [0.2, 0.25) is 0 Å². The van der Waals surface area contributed by atoms with Gasteiger partial charge in [0.15, 0.2) is 0 Å². The second-order valence-electron chi connectivity index (χ2n) is 7.58. The van der Waals surface area contributed by atoms with Gasteiger partial charge in [0.2, 0.25) is 5.91 Å². The summed E-state index contributed by atoms with van der Waals surface area (Å²) in [5.74, 6) is 2.03. The van der Waals surface area contributed by atoms with Crippen molar-refractivity contribution in [3.63, 3.8) is 0 Å². The molecule has 1 aromatic carbocycles. The Kier molecular flexibility index (Phi) is 3.44. The lowest BCUT2D eigenvalue weighted by atomic mass is 9.53. The molecule has 0 aromatic heterocycles. The predicted octanol–water partition coefficient (Wildman–Crippen LogP) is 3.32. The maximum absolute atomic E-state index is 13.6. The van der Waals surface area contributed by atoms with Gasteiger partial charge in [-0.3, -0.25) is 4.79 Å². The average molecular weight is 302 g/mol. The van der Waals surface area contributed by atoms with Crippen LogP contribution in [0.15, 0.2) is 24.3 Å². The van der Waals surface area contributed by atoms with Gasteiger partial charge in [0.05, 0.1) is 12.2 Å². The molecular formula is C18H23FN2O. The van der Waals surface area contributed by atoms with Crippen LogP contribution in [-0.2, 0) is 4.79 Å². The molecule has 4 aliphatic rings. The van der Waals surface area contributed by atoms with Gasteiger partial charge >= 0.3 is 0 Å². The van der Waals surface area contributed by atoms with Gasteiger partial charge in [-0.1, -0.05) is 12.1 Å². The quantitative estimate of drug-likeness (QED) is 0.896. The van der Waals surface area contributed by atoms with Crippen LogP contribution in [0.25, 0.3) is 0 Å². The number of rotatable bonds is 4. The molecule has 4 bridgehead atoms. The molecule has 0 spiro atoms. The highest BCUT2D eigenvalue weighted by Crippen LogP contribution is 2.55. The summed E-state index contributed by atoms with van der Waals surface area (Å²) in [4.78, 5) is 12.1. The van der Waals surface area contributed by atoms with E-state index < -0.39 is 0 Å². The number of benzene rings is 1. The summed E-state index contributed by atoms with van der Waals surface area (Å²) >= 11 is 0. The molecule has 22 heavy (non-hydrogen) atoms. The zero-order chi connectivity index (χ0) is 15.2. The Hall–Kier alpha value is -1.42. The molecule has 0 heterocycles. The van der Waals surface area contributed by atoms with Crippen LogP contribution in [-0.4, -0.2) is 18.0 Å². The highest BCUT2D eigenvalue weighted by molar-refractivity contribution is 5.92. The minimum absolute atomic E-state index is 0.152. The minimum atomic E-state index is -0.384. The molecule has 4 fully saturated rings. The molecule has 4 heteroatoms. The fourth-order valence-corrected chi connectivity index (χ4v) is 5.35. The van der Waals surface area contributed by atoms with Gasteiger partial charge in [-0.2, -0.15) is 0 Å². The van der Waals surface area contributed by atoms with Crippen molar-refractivity contribution >= 4 is 11.6 Å². The molecular weight excluding hydrogens is 279 g/mol. The normalized spacial score (nSPS) is 35.6. The molecule has 4 saturated carbocycles. The summed E-state index contributed by atoms with van der Waals surface area (Å²) in [6.45, 7) is 0.278. The van der Waals surface area contributed by atoms with E-state index >= 15 is 0 Å². The lowest BCUT2D eigenvalue weighted by Crippen LogP contribution is -2.59.